The van der Waals surface area contributed by atoms with E-state index in [2.05, 4.69) is 4.40 Å². The Balaban J connectivity index is 2.07. The van der Waals surface area contributed by atoms with E-state index in [1.54, 1.807) is 7.11 Å². The number of methoxy groups -OCH3 is 1. The summed E-state index contributed by atoms with van der Waals surface area (Å²) >= 11 is 1.32. The average molecular weight is 417 g/mol. The molecule has 0 aromatic heterocycles. The van der Waals surface area contributed by atoms with Gasteiger partial charge in [-0.2, -0.15) is 8.42 Å². The van der Waals surface area contributed by atoms with Crippen LogP contribution in [0.4, 0.5) is 0 Å². The van der Waals surface area contributed by atoms with Gasteiger partial charge in [-0.15, -0.1) is 16.2 Å². The normalized spacial score (nSPS) is 15.5. The molecule has 5 nitrogen and oxygen atoms in total. The van der Waals surface area contributed by atoms with Gasteiger partial charge >= 0.3 is 0 Å². The van der Waals surface area contributed by atoms with Crippen molar-refractivity contribution in [3.05, 3.63) is 70.0 Å². The zero-order chi connectivity index (χ0) is 20.1. The molecule has 2 aromatic carbocycles. The molecule has 0 unspecified atom stereocenters. The van der Waals surface area contributed by atoms with Gasteiger partial charge in [0.15, 0.2) is 5.84 Å². The number of likely N-dealkylation sites (N-methyl/N-ethyl adjacent to an activating group) is 1. The number of benzene rings is 2. The van der Waals surface area contributed by atoms with Gasteiger partial charge < -0.3 is 9.64 Å². The van der Waals surface area contributed by atoms with Gasteiger partial charge in [0.05, 0.1) is 12.7 Å². The molecule has 3 rings (SSSR count). The van der Waals surface area contributed by atoms with Crippen molar-refractivity contribution in [3.63, 3.8) is 0 Å². The zero-order valence-electron chi connectivity index (χ0n) is 16.3. The van der Waals surface area contributed by atoms with Crippen LogP contribution in [-0.2, 0) is 15.8 Å². The number of thioether (sulfide) groups is 1. The largest absolute Gasteiger partial charge is 0.497 e. The Bertz CT molecular complexity index is 978. The van der Waals surface area contributed by atoms with Crippen molar-refractivity contribution < 1.29 is 13.2 Å². The van der Waals surface area contributed by atoms with Crippen molar-refractivity contribution in [3.8, 4) is 5.75 Å². The number of ether oxygens (including phenoxy) is 1. The highest BCUT2D eigenvalue weighted by Crippen LogP contribution is 2.41. The van der Waals surface area contributed by atoms with E-state index >= 15 is 0 Å². The lowest BCUT2D eigenvalue weighted by Gasteiger charge is -2.22. The van der Waals surface area contributed by atoms with E-state index in [0.717, 1.165) is 16.9 Å². The molecule has 0 spiro atoms. The minimum atomic E-state index is -3.73. The minimum absolute atomic E-state index is 0.309. The van der Waals surface area contributed by atoms with E-state index in [1.165, 1.54) is 11.8 Å². The second kappa shape index (κ2) is 8.84. The molecule has 0 amide bonds. The number of hydrogen-bond acceptors (Lipinski definition) is 5. The Morgan fingerprint density at radius 3 is 2.21 bits per heavy atom. The predicted molar refractivity (Wildman–Crippen MR) is 117 cm³/mol. The molecule has 0 saturated heterocycles. The Morgan fingerprint density at radius 2 is 1.64 bits per heavy atom. The fourth-order valence-corrected chi connectivity index (χ4v) is 5.75. The van der Waals surface area contributed by atoms with Crippen LogP contribution >= 0.6 is 11.8 Å². The molecule has 0 saturated carbocycles. The maximum atomic E-state index is 12.9. The highest BCUT2D eigenvalue weighted by Gasteiger charge is 2.35. The molecule has 7 heteroatoms. The molecule has 2 aromatic rings. The Kier molecular flexibility index (Phi) is 6.46. The van der Waals surface area contributed by atoms with Gasteiger partial charge in [-0.05, 0) is 37.1 Å². The lowest BCUT2D eigenvalue weighted by Crippen LogP contribution is -2.30. The molecule has 0 fully saturated rings. The zero-order valence-corrected chi connectivity index (χ0v) is 17.9. The Morgan fingerprint density at radius 1 is 1.00 bits per heavy atom. The van der Waals surface area contributed by atoms with Crippen molar-refractivity contribution in [1.29, 1.82) is 0 Å². The van der Waals surface area contributed by atoms with Gasteiger partial charge in [-0.1, -0.05) is 42.5 Å². The van der Waals surface area contributed by atoms with Gasteiger partial charge in [0.1, 0.15) is 9.99 Å². The molecular formula is C21H24N2O3S2. The van der Waals surface area contributed by atoms with Crippen LogP contribution in [0.15, 0.2) is 63.2 Å². The smallest absolute Gasteiger partial charge is 0.291 e. The SMILES string of the molecule is CCN(CC)C1=NS(=O)(=O)C(SCc2ccccc2)=C1c1ccc(OC)cc1. The van der Waals surface area contributed by atoms with Crippen LogP contribution < -0.4 is 4.74 Å². The summed E-state index contributed by atoms with van der Waals surface area (Å²) in [6.45, 7) is 5.36. The first kappa shape index (κ1) is 20.5. The molecule has 0 atom stereocenters. The van der Waals surface area contributed by atoms with Gasteiger partial charge in [-0.25, -0.2) is 0 Å². The summed E-state index contributed by atoms with van der Waals surface area (Å²) in [5.74, 6) is 1.81. The van der Waals surface area contributed by atoms with Crippen molar-refractivity contribution in [2.45, 2.75) is 19.6 Å². The third kappa shape index (κ3) is 4.25. The van der Waals surface area contributed by atoms with Gasteiger partial charge in [0, 0.05) is 18.8 Å². The predicted octanol–water partition coefficient (Wildman–Crippen LogP) is 4.38. The van der Waals surface area contributed by atoms with Crippen LogP contribution in [0.1, 0.15) is 25.0 Å². The monoisotopic (exact) mass is 416 g/mol. The Hall–Kier alpha value is -2.25. The average Bonchev–Trinajstić information content (AvgIpc) is 2.98. The van der Waals surface area contributed by atoms with E-state index in [9.17, 15) is 8.42 Å². The van der Waals surface area contributed by atoms with Crippen LogP contribution in [0.3, 0.4) is 0 Å². The van der Waals surface area contributed by atoms with Crippen molar-refractivity contribution in [2.24, 2.45) is 4.40 Å². The summed E-state index contributed by atoms with van der Waals surface area (Å²) < 4.78 is 35.5. The molecule has 28 heavy (non-hydrogen) atoms. The molecular weight excluding hydrogens is 392 g/mol. The molecule has 0 N–H and O–H groups in total. The first-order valence-electron chi connectivity index (χ1n) is 9.15. The molecule has 1 aliphatic heterocycles. The van der Waals surface area contributed by atoms with Gasteiger partial charge in [-0.3, -0.25) is 0 Å². The second-order valence-electron chi connectivity index (χ2n) is 6.23. The summed E-state index contributed by atoms with van der Waals surface area (Å²) in [5.41, 5.74) is 2.57. The van der Waals surface area contributed by atoms with Crippen LogP contribution in [0, 0.1) is 0 Å². The summed E-state index contributed by atoms with van der Waals surface area (Å²) in [7, 11) is -2.12. The third-order valence-electron chi connectivity index (χ3n) is 4.52. The van der Waals surface area contributed by atoms with Gasteiger partial charge in [0.25, 0.3) is 10.0 Å². The molecule has 0 bridgehead atoms. The first-order chi connectivity index (χ1) is 13.5. The van der Waals surface area contributed by atoms with Crippen LogP contribution in [0.2, 0.25) is 0 Å². The van der Waals surface area contributed by atoms with E-state index in [4.69, 9.17) is 4.74 Å². The van der Waals surface area contributed by atoms with Crippen LogP contribution in [0.25, 0.3) is 5.57 Å². The lowest BCUT2D eigenvalue weighted by molar-refractivity contribution is 0.415. The third-order valence-corrected chi connectivity index (χ3v) is 7.54. The van der Waals surface area contributed by atoms with Crippen LogP contribution in [-0.4, -0.2) is 39.4 Å². The summed E-state index contributed by atoms with van der Waals surface area (Å²) in [4.78, 5) is 1.98. The standard InChI is InChI=1S/C21H24N2O3S2/c1-4-23(5-2)20-19(17-11-13-18(26-3)14-12-17)21(28(24,25)22-20)27-15-16-9-7-6-8-10-16/h6-14H,4-5,15H2,1-3H3. The summed E-state index contributed by atoms with van der Waals surface area (Å²) in [6, 6.07) is 17.3. The second-order valence-corrected chi connectivity index (χ2v) is 9.01. The van der Waals surface area contributed by atoms with Gasteiger partial charge in [0.2, 0.25) is 0 Å². The number of rotatable bonds is 7. The van der Waals surface area contributed by atoms with E-state index in [0.29, 0.717) is 34.5 Å². The summed E-state index contributed by atoms with van der Waals surface area (Å²) in [6.07, 6.45) is 0. The maximum absolute atomic E-state index is 12.9. The quantitative estimate of drug-likeness (QED) is 0.670. The number of sulfonamides is 1. The summed E-state index contributed by atoms with van der Waals surface area (Å²) in [5, 5.41) is 0. The molecule has 1 heterocycles. The number of nitrogens with zero attached hydrogens (tertiary/aromatic N) is 2. The molecule has 0 aliphatic carbocycles. The van der Waals surface area contributed by atoms with Crippen molar-refractivity contribution in [2.75, 3.05) is 20.2 Å². The highest BCUT2D eigenvalue weighted by molar-refractivity contribution is 8.18. The van der Waals surface area contributed by atoms with Crippen LogP contribution in [0.5, 0.6) is 5.75 Å². The highest BCUT2D eigenvalue weighted by atomic mass is 32.3. The van der Waals surface area contributed by atoms with E-state index in [-0.39, 0.29) is 0 Å². The van der Waals surface area contributed by atoms with E-state index < -0.39 is 10.0 Å². The Labute approximate surface area is 171 Å². The van der Waals surface area contributed by atoms with E-state index in [1.807, 2.05) is 73.3 Å². The van der Waals surface area contributed by atoms with Crippen molar-refractivity contribution in [1.82, 2.24) is 4.90 Å². The fraction of sp³-hybridized carbons (Fsp3) is 0.286. The minimum Gasteiger partial charge on any atom is -0.497 e. The fourth-order valence-electron chi connectivity index (χ4n) is 3.03. The topological polar surface area (TPSA) is 59.0 Å². The number of hydrogen-bond donors (Lipinski definition) is 0. The molecule has 1 aliphatic rings. The molecule has 148 valence electrons. The maximum Gasteiger partial charge on any atom is 0.291 e. The van der Waals surface area contributed by atoms with Crippen molar-refractivity contribution >= 4 is 33.2 Å². The lowest BCUT2D eigenvalue weighted by atomic mass is 10.1. The first-order valence-corrected chi connectivity index (χ1v) is 11.6. The molecule has 0 radical (unpaired) electrons. The number of amidine groups is 1.